The summed E-state index contributed by atoms with van der Waals surface area (Å²) in [5.41, 5.74) is 0.911. The second kappa shape index (κ2) is 19.6. The highest BCUT2D eigenvalue weighted by atomic mass is 127. The summed E-state index contributed by atoms with van der Waals surface area (Å²) in [5, 5.41) is 11.4. The minimum absolute atomic E-state index is 0. The SMILES string of the molecule is C.C.C.C.FC1(F)CCNCC1.O=C(O)c1cccc(I)c1.O=C(c1cccc(I)c1)N1CCC(F)(F)CC1. The van der Waals surface area contributed by atoms with Gasteiger partial charge in [-0.3, -0.25) is 4.79 Å². The van der Waals surface area contributed by atoms with Crippen molar-refractivity contribution in [3.63, 3.8) is 0 Å². The molecule has 2 aliphatic rings. The molecule has 2 fully saturated rings. The zero-order valence-corrected chi connectivity index (χ0v) is 23.1. The van der Waals surface area contributed by atoms with Gasteiger partial charge in [-0.25, -0.2) is 22.4 Å². The number of alkyl halides is 4. The van der Waals surface area contributed by atoms with E-state index in [1.807, 2.05) is 12.1 Å². The Morgan fingerprint density at radius 1 is 0.744 bits per heavy atom. The van der Waals surface area contributed by atoms with E-state index in [9.17, 15) is 27.2 Å². The fourth-order valence-electron chi connectivity index (χ4n) is 3.26. The van der Waals surface area contributed by atoms with E-state index in [2.05, 4.69) is 50.5 Å². The Bertz CT molecular complexity index is 992. The van der Waals surface area contributed by atoms with Crippen molar-refractivity contribution in [1.82, 2.24) is 10.2 Å². The number of nitrogens with zero attached hydrogens (tertiary/aromatic N) is 1. The largest absolute Gasteiger partial charge is 0.478 e. The lowest BCUT2D eigenvalue weighted by Gasteiger charge is -2.31. The molecule has 0 saturated carbocycles. The third-order valence-electron chi connectivity index (χ3n) is 5.26. The number of likely N-dealkylation sites (tertiary alicyclic amines) is 1. The van der Waals surface area contributed by atoms with E-state index in [1.165, 1.54) is 4.90 Å². The van der Waals surface area contributed by atoms with Crippen LogP contribution < -0.4 is 5.32 Å². The normalized spacial score (nSPS) is 16.4. The minimum Gasteiger partial charge on any atom is -0.478 e. The second-order valence-electron chi connectivity index (χ2n) is 8.08. The standard InChI is InChI=1S/C12H12F2INO.C7H5IO2.C5H9F2N.4CH4/c13-12(14)4-6-16(7-5-12)11(17)9-2-1-3-10(15)8-9;8-6-3-1-2-5(4-6)7(9)10;6-5(7)1-3-8-4-2-5;;;;/h1-3,8H,4-7H2;1-4H,(H,9,10);8H,1-4H2;4*1H4. The van der Waals surface area contributed by atoms with E-state index in [4.69, 9.17) is 5.11 Å². The van der Waals surface area contributed by atoms with Gasteiger partial charge in [-0.15, -0.1) is 0 Å². The molecule has 1 amide bonds. The van der Waals surface area contributed by atoms with Gasteiger partial charge in [0, 0.05) is 64.6 Å². The molecule has 0 radical (unpaired) electrons. The highest BCUT2D eigenvalue weighted by molar-refractivity contribution is 14.1. The number of carboxylic acid groups (broad SMARTS) is 1. The van der Waals surface area contributed by atoms with Crippen molar-refractivity contribution >= 4 is 57.1 Å². The molecular formula is C28H42F4I2N2O3. The van der Waals surface area contributed by atoms with Crippen LogP contribution >= 0.6 is 45.2 Å². The molecule has 2 heterocycles. The summed E-state index contributed by atoms with van der Waals surface area (Å²) < 4.78 is 52.2. The Kier molecular flexibility index (Phi) is 21.1. The van der Waals surface area contributed by atoms with E-state index >= 15 is 0 Å². The molecule has 2 saturated heterocycles. The van der Waals surface area contributed by atoms with Crippen LogP contribution in [0.2, 0.25) is 0 Å². The first-order valence-corrected chi connectivity index (χ1v) is 13.0. The predicted molar refractivity (Wildman–Crippen MR) is 169 cm³/mol. The fourth-order valence-corrected chi connectivity index (χ4v) is 4.34. The van der Waals surface area contributed by atoms with Crippen LogP contribution in [0, 0.1) is 7.14 Å². The summed E-state index contributed by atoms with van der Waals surface area (Å²) in [4.78, 5) is 23.9. The number of piperidine rings is 2. The topological polar surface area (TPSA) is 69.6 Å². The number of hydrogen-bond donors (Lipinski definition) is 2. The van der Waals surface area contributed by atoms with Crippen molar-refractivity contribution in [3.8, 4) is 0 Å². The highest BCUT2D eigenvalue weighted by Crippen LogP contribution is 2.28. The molecule has 5 nitrogen and oxygen atoms in total. The second-order valence-corrected chi connectivity index (χ2v) is 10.6. The van der Waals surface area contributed by atoms with Crippen molar-refractivity contribution in [2.24, 2.45) is 0 Å². The number of rotatable bonds is 2. The average molecular weight is 784 g/mol. The summed E-state index contributed by atoms with van der Waals surface area (Å²) in [6, 6.07) is 14.0. The molecule has 11 heteroatoms. The Morgan fingerprint density at radius 3 is 1.51 bits per heavy atom. The van der Waals surface area contributed by atoms with Crippen molar-refractivity contribution in [3.05, 3.63) is 66.8 Å². The minimum atomic E-state index is -2.61. The Morgan fingerprint density at radius 2 is 1.15 bits per heavy atom. The summed E-state index contributed by atoms with van der Waals surface area (Å²) in [5.74, 6) is -6.02. The number of amides is 1. The van der Waals surface area contributed by atoms with E-state index in [-0.39, 0.29) is 74.4 Å². The van der Waals surface area contributed by atoms with Gasteiger partial charge in [0.25, 0.3) is 17.8 Å². The first kappa shape index (κ1) is 42.0. The lowest BCUT2D eigenvalue weighted by Crippen LogP contribution is -2.42. The molecule has 0 atom stereocenters. The molecule has 0 aliphatic carbocycles. The van der Waals surface area contributed by atoms with Crippen LogP contribution in [0.5, 0.6) is 0 Å². The van der Waals surface area contributed by atoms with Crippen LogP contribution in [0.4, 0.5) is 17.6 Å². The first-order chi connectivity index (χ1) is 16.4. The van der Waals surface area contributed by atoms with Crippen LogP contribution in [0.25, 0.3) is 0 Å². The zero-order valence-electron chi connectivity index (χ0n) is 18.8. The predicted octanol–water partition coefficient (Wildman–Crippen LogP) is 8.70. The van der Waals surface area contributed by atoms with Crippen molar-refractivity contribution in [1.29, 1.82) is 0 Å². The summed E-state index contributed by atoms with van der Waals surface area (Å²) in [6.07, 6.45) is -0.453. The number of carbonyl (C=O) groups is 2. The van der Waals surface area contributed by atoms with Gasteiger partial charge in [-0.2, -0.15) is 0 Å². The smallest absolute Gasteiger partial charge is 0.335 e. The van der Waals surface area contributed by atoms with Gasteiger partial charge in [0.05, 0.1) is 5.56 Å². The van der Waals surface area contributed by atoms with Gasteiger partial charge >= 0.3 is 5.97 Å². The van der Waals surface area contributed by atoms with Crippen molar-refractivity contribution in [2.45, 2.75) is 67.2 Å². The maximum absolute atomic E-state index is 13.0. The van der Waals surface area contributed by atoms with Crippen LogP contribution in [-0.4, -0.2) is 59.9 Å². The highest BCUT2D eigenvalue weighted by Gasteiger charge is 2.35. The number of nitrogens with one attached hydrogen (secondary N) is 1. The Labute approximate surface area is 258 Å². The molecule has 0 spiro atoms. The number of hydrogen-bond acceptors (Lipinski definition) is 3. The van der Waals surface area contributed by atoms with Crippen LogP contribution in [0.1, 0.15) is 76.1 Å². The van der Waals surface area contributed by atoms with Gasteiger partial charge < -0.3 is 15.3 Å². The quantitative estimate of drug-likeness (QED) is 0.236. The lowest BCUT2D eigenvalue weighted by atomic mass is 10.1. The van der Waals surface area contributed by atoms with E-state index in [1.54, 1.807) is 36.4 Å². The summed E-state index contributed by atoms with van der Waals surface area (Å²) >= 11 is 4.20. The molecule has 2 N–H and O–H groups in total. The maximum atomic E-state index is 13.0. The van der Waals surface area contributed by atoms with E-state index < -0.39 is 17.8 Å². The number of carboxylic acids is 1. The summed E-state index contributed by atoms with van der Waals surface area (Å²) in [6.45, 7) is 1.20. The molecule has 2 aromatic carbocycles. The number of benzene rings is 2. The van der Waals surface area contributed by atoms with Crippen LogP contribution in [-0.2, 0) is 0 Å². The van der Waals surface area contributed by atoms with E-state index in [0.29, 0.717) is 24.2 Å². The molecule has 0 unspecified atom stereocenters. The fraction of sp³-hybridized carbons (Fsp3) is 0.500. The Hall–Kier alpha value is -1.48. The van der Waals surface area contributed by atoms with Gasteiger partial charge in [-0.1, -0.05) is 41.8 Å². The monoisotopic (exact) mass is 784 g/mol. The molecule has 224 valence electrons. The molecule has 0 aromatic heterocycles. The van der Waals surface area contributed by atoms with Crippen LogP contribution in [0.15, 0.2) is 48.5 Å². The number of carbonyl (C=O) groups excluding carboxylic acids is 1. The molecule has 2 aromatic rings. The third kappa shape index (κ3) is 15.8. The molecule has 4 rings (SSSR count). The Balaban J connectivity index is -0.000000512. The molecule has 2 aliphatic heterocycles. The number of halogens is 6. The van der Waals surface area contributed by atoms with Gasteiger partial charge in [-0.05, 0) is 81.6 Å². The lowest BCUT2D eigenvalue weighted by molar-refractivity contribution is -0.0494. The average Bonchev–Trinajstić information content (AvgIpc) is 2.79. The molecular weight excluding hydrogens is 742 g/mol. The van der Waals surface area contributed by atoms with Gasteiger partial charge in [0.1, 0.15) is 0 Å². The van der Waals surface area contributed by atoms with Crippen molar-refractivity contribution in [2.75, 3.05) is 26.2 Å². The first-order valence-electron chi connectivity index (χ1n) is 10.9. The summed E-state index contributed by atoms with van der Waals surface area (Å²) in [7, 11) is 0. The zero-order chi connectivity index (χ0) is 26.1. The van der Waals surface area contributed by atoms with Gasteiger partial charge in [0.2, 0.25) is 0 Å². The molecule has 39 heavy (non-hydrogen) atoms. The maximum Gasteiger partial charge on any atom is 0.335 e. The van der Waals surface area contributed by atoms with Crippen molar-refractivity contribution < 1.29 is 32.3 Å². The number of aromatic carboxylic acids is 1. The van der Waals surface area contributed by atoms with Gasteiger partial charge in [0.15, 0.2) is 0 Å². The third-order valence-corrected chi connectivity index (χ3v) is 6.60. The van der Waals surface area contributed by atoms with E-state index in [0.717, 1.165) is 7.14 Å². The van der Waals surface area contributed by atoms with Crippen LogP contribution in [0.3, 0.4) is 0 Å². The molecule has 0 bridgehead atoms.